The molecule has 0 spiro atoms. The Labute approximate surface area is 376 Å². The fourth-order valence-electron chi connectivity index (χ4n) is 6.79. The lowest BCUT2D eigenvalue weighted by Crippen LogP contribution is -2.48. The van der Waals surface area contributed by atoms with E-state index in [-0.39, 0.29) is 34.3 Å². The quantitative estimate of drug-likeness (QED) is 0.0942. The second-order valence-electron chi connectivity index (χ2n) is 14.3. The molecule has 0 N–H and O–H groups in total. The van der Waals surface area contributed by atoms with Gasteiger partial charge in [-0.05, 0) is 67.9 Å². The van der Waals surface area contributed by atoms with Crippen LogP contribution in [0.3, 0.4) is 0 Å². The molecule has 0 atom stereocenters. The van der Waals surface area contributed by atoms with Crippen LogP contribution in [0.2, 0.25) is 10.0 Å². The third kappa shape index (κ3) is 9.92. The molecule has 2 saturated heterocycles. The lowest BCUT2D eigenvalue weighted by atomic mass is 10.0. The van der Waals surface area contributed by atoms with Crippen molar-refractivity contribution in [2.24, 2.45) is 0 Å². The van der Waals surface area contributed by atoms with Gasteiger partial charge in [-0.3, -0.25) is 20.2 Å². The van der Waals surface area contributed by atoms with Gasteiger partial charge < -0.3 is 9.80 Å². The Hall–Kier alpha value is -5.06. The van der Waals surface area contributed by atoms with Crippen molar-refractivity contribution in [3.8, 4) is 22.5 Å². The summed E-state index contributed by atoms with van der Waals surface area (Å²) in [6.45, 7) is 7.39. The molecule has 0 bridgehead atoms. The number of non-ortho nitro benzene ring substituents is 2. The molecular weight excluding hydrogens is 920 g/mol. The predicted molar refractivity (Wildman–Crippen MR) is 243 cm³/mol. The van der Waals surface area contributed by atoms with Gasteiger partial charge in [0.2, 0.25) is 20.0 Å². The summed E-state index contributed by atoms with van der Waals surface area (Å²) in [6.07, 6.45) is 0. The lowest BCUT2D eigenvalue weighted by Gasteiger charge is -2.33. The third-order valence-electron chi connectivity index (χ3n) is 10.2. The minimum atomic E-state index is -3.72. The molecule has 62 heavy (non-hydrogen) atoms. The van der Waals surface area contributed by atoms with Crippen LogP contribution in [-0.4, -0.2) is 97.6 Å². The van der Waals surface area contributed by atoms with Crippen molar-refractivity contribution >= 4 is 87.6 Å². The monoisotopic (exact) mass is 956 g/mol. The maximum Gasteiger partial charge on any atom is 0.269 e. The van der Waals surface area contributed by atoms with Crippen molar-refractivity contribution in [2.45, 2.75) is 23.6 Å². The Bertz CT molecular complexity index is 2830. The summed E-state index contributed by atoms with van der Waals surface area (Å²) >= 11 is 15.2. The number of hydrogen-bond acceptors (Lipinski definition) is 14. The molecule has 2 aliphatic rings. The Morgan fingerprint density at radius 3 is 1.44 bits per heavy atom. The summed E-state index contributed by atoms with van der Waals surface area (Å²) in [5, 5.41) is 28.3. The zero-order chi connectivity index (χ0) is 44.3. The van der Waals surface area contributed by atoms with Crippen LogP contribution in [0.25, 0.3) is 22.5 Å². The van der Waals surface area contributed by atoms with E-state index in [4.69, 9.17) is 28.2 Å². The second kappa shape index (κ2) is 18.7. The molecule has 0 saturated carbocycles. The first kappa shape index (κ1) is 45.0. The summed E-state index contributed by atoms with van der Waals surface area (Å²) in [6, 6.07) is 21.5. The molecule has 16 nitrogen and oxygen atoms in total. The highest BCUT2D eigenvalue weighted by atomic mass is 35.5. The third-order valence-corrected chi connectivity index (χ3v) is 16.4. The highest BCUT2D eigenvalue weighted by Crippen LogP contribution is 2.35. The van der Waals surface area contributed by atoms with Gasteiger partial charge in [0.05, 0.1) is 36.0 Å². The van der Waals surface area contributed by atoms with E-state index >= 15 is 0 Å². The molecule has 2 aliphatic heterocycles. The Morgan fingerprint density at radius 1 is 0.581 bits per heavy atom. The first-order valence-electron chi connectivity index (χ1n) is 18.9. The maximum absolute atomic E-state index is 12.9. The van der Waals surface area contributed by atoms with Crippen LogP contribution in [0, 0.1) is 34.1 Å². The number of sulfonamides is 2. The smallest absolute Gasteiger partial charge is 0.269 e. The molecule has 22 heteroatoms. The van der Waals surface area contributed by atoms with E-state index in [2.05, 4.69) is 41.9 Å². The van der Waals surface area contributed by atoms with Crippen molar-refractivity contribution in [1.29, 1.82) is 0 Å². The van der Waals surface area contributed by atoms with E-state index < -0.39 is 29.9 Å². The Morgan fingerprint density at radius 2 is 1.02 bits per heavy atom. The largest absolute Gasteiger partial charge is 0.345 e. The van der Waals surface area contributed by atoms with Gasteiger partial charge in [0.25, 0.3) is 11.4 Å². The number of nitro groups is 2. The van der Waals surface area contributed by atoms with E-state index in [1.165, 1.54) is 79.6 Å². The minimum absolute atomic E-state index is 0.0421. The Balaban J connectivity index is 0.000000186. The molecule has 0 unspecified atom stereocenters. The highest BCUT2D eigenvalue weighted by molar-refractivity contribution is 7.89. The van der Waals surface area contributed by atoms with Gasteiger partial charge in [-0.25, -0.2) is 26.8 Å². The molecule has 4 aromatic carbocycles. The number of nitrogens with zero attached hydrogens (tertiary/aromatic N) is 8. The number of anilines is 2. The van der Waals surface area contributed by atoms with Gasteiger partial charge in [0.1, 0.15) is 0 Å². The summed E-state index contributed by atoms with van der Waals surface area (Å²) < 4.78 is 54.3. The highest BCUT2D eigenvalue weighted by Gasteiger charge is 2.31. The van der Waals surface area contributed by atoms with E-state index in [1.807, 2.05) is 21.7 Å². The number of halogens is 2. The van der Waals surface area contributed by atoms with Gasteiger partial charge in [-0.15, -0.1) is 22.7 Å². The van der Waals surface area contributed by atoms with Crippen LogP contribution >= 0.6 is 45.9 Å². The summed E-state index contributed by atoms with van der Waals surface area (Å²) in [7, 11) is -7.41. The molecule has 0 radical (unpaired) electrons. The second-order valence-corrected chi connectivity index (χ2v) is 20.7. The fraction of sp³-hybridized carbons (Fsp3) is 0.250. The standard InChI is InChI=1S/C21H22N4O4S2.C19H16Cl2N4O4S2/c1-15-3-4-16(2)19(13-15)20-14-30-21(22-20)23-9-11-24(12-10-23)31(28,29)18-7-5-17(6-8-18)25(26)27;20-13-1-6-16(17(21)11-13)18-12-30-19(22-18)23-7-9-24(10-8-23)31(28,29)15-4-2-14(3-5-15)25(26)27/h3-8,13-14H,9-12H2,1-2H3;1-6,11-12H,7-10H2. The molecule has 2 fully saturated rings. The fourth-order valence-corrected chi connectivity index (χ4v) is 11.9. The molecular formula is C40H38Cl2N8O8S4. The maximum atomic E-state index is 12.9. The first-order valence-corrected chi connectivity index (χ1v) is 24.3. The van der Waals surface area contributed by atoms with Gasteiger partial charge >= 0.3 is 0 Å². The van der Waals surface area contributed by atoms with Crippen molar-refractivity contribution in [3.63, 3.8) is 0 Å². The predicted octanol–water partition coefficient (Wildman–Crippen LogP) is 8.38. The zero-order valence-corrected chi connectivity index (χ0v) is 37.9. The summed E-state index contributed by atoms with van der Waals surface area (Å²) in [4.78, 5) is 34.2. The average molecular weight is 958 g/mol. The van der Waals surface area contributed by atoms with Crippen LogP contribution in [0.4, 0.5) is 21.6 Å². The molecule has 4 heterocycles. The van der Waals surface area contributed by atoms with Crippen molar-refractivity contribution < 1.29 is 26.7 Å². The van der Waals surface area contributed by atoms with Crippen LogP contribution in [0.15, 0.2) is 105 Å². The molecule has 6 aromatic rings. The number of benzene rings is 4. The summed E-state index contributed by atoms with van der Waals surface area (Å²) in [5.74, 6) is 0. The molecule has 8 rings (SSSR count). The van der Waals surface area contributed by atoms with Crippen LogP contribution < -0.4 is 9.80 Å². The lowest BCUT2D eigenvalue weighted by molar-refractivity contribution is -0.385. The van der Waals surface area contributed by atoms with Crippen LogP contribution in [0.5, 0.6) is 0 Å². The number of aromatic nitrogens is 2. The molecule has 0 aliphatic carbocycles. The van der Waals surface area contributed by atoms with E-state index in [1.54, 1.807) is 23.5 Å². The van der Waals surface area contributed by atoms with Crippen LogP contribution in [0.1, 0.15) is 11.1 Å². The van der Waals surface area contributed by atoms with Crippen LogP contribution in [-0.2, 0) is 20.0 Å². The Kier molecular flexibility index (Phi) is 13.6. The normalized spacial score (nSPS) is 15.2. The number of hydrogen-bond donors (Lipinski definition) is 0. The van der Waals surface area contributed by atoms with E-state index in [0.717, 1.165) is 32.8 Å². The van der Waals surface area contributed by atoms with E-state index in [0.29, 0.717) is 49.3 Å². The number of piperazine rings is 2. The first-order chi connectivity index (χ1) is 29.5. The topological polar surface area (TPSA) is 193 Å². The van der Waals surface area contributed by atoms with Crippen molar-refractivity contribution in [1.82, 2.24) is 18.6 Å². The van der Waals surface area contributed by atoms with Gasteiger partial charge in [0.15, 0.2) is 10.3 Å². The van der Waals surface area contributed by atoms with Gasteiger partial charge in [0, 0.05) is 104 Å². The number of rotatable bonds is 10. The molecule has 0 amide bonds. The molecule has 324 valence electrons. The average Bonchev–Trinajstić information content (AvgIpc) is 3.96. The number of aryl methyl sites for hydroxylation is 2. The minimum Gasteiger partial charge on any atom is -0.345 e. The van der Waals surface area contributed by atoms with Crippen molar-refractivity contribution in [3.05, 3.63) is 137 Å². The zero-order valence-electron chi connectivity index (χ0n) is 33.1. The SMILES string of the molecule is Cc1ccc(C)c(-c2csc(N3CCN(S(=O)(=O)c4ccc([N+](=O)[O-])cc4)CC3)n2)c1.O=[N+]([O-])c1ccc(S(=O)(=O)N2CCN(c3nc(-c4ccc(Cl)cc4Cl)cs3)CC2)cc1. The molecule has 2 aromatic heterocycles. The number of thiazole rings is 2. The summed E-state index contributed by atoms with van der Waals surface area (Å²) in [5.41, 5.74) is 5.64. The van der Waals surface area contributed by atoms with Gasteiger partial charge in [-0.1, -0.05) is 40.9 Å². The van der Waals surface area contributed by atoms with Gasteiger partial charge in [-0.2, -0.15) is 8.61 Å². The number of nitro benzene ring substituents is 2. The van der Waals surface area contributed by atoms with Crippen molar-refractivity contribution in [2.75, 3.05) is 62.2 Å². The van der Waals surface area contributed by atoms with E-state index in [9.17, 15) is 37.1 Å².